The maximum atomic E-state index is 13.5. The summed E-state index contributed by atoms with van der Waals surface area (Å²) >= 11 is 0. The van der Waals surface area contributed by atoms with Crippen molar-refractivity contribution in [2.24, 2.45) is 5.92 Å². The summed E-state index contributed by atoms with van der Waals surface area (Å²) in [4.78, 5) is 31.5. The molecule has 5 rings (SSSR count). The van der Waals surface area contributed by atoms with Crippen molar-refractivity contribution in [1.29, 1.82) is 0 Å². The minimum atomic E-state index is 0.104. The molecule has 0 saturated carbocycles. The van der Waals surface area contributed by atoms with E-state index in [0.717, 1.165) is 93.5 Å². The van der Waals surface area contributed by atoms with Crippen LogP contribution >= 0.6 is 0 Å². The molecule has 11 heteroatoms. The molecule has 4 heterocycles. The predicted molar refractivity (Wildman–Crippen MR) is 173 cm³/mol. The monoisotopic (exact) mass is 606 g/mol. The standard InChI is InChI=1S/C33H50N8O3/c1-6-43-20-19-40(33(3,4)5)23-26-11-13-38(14-12-26)32(42)39-17-15-37(16-18-39)30-29-22-36-41(31(29)35-25-34-30)24-27-9-8-10-28(21-27)44-7-2/h8-10,21-22,25-26H,6-7,11-20,23-24H2,1-5H3. The Hall–Kier alpha value is -3.44. The fourth-order valence-corrected chi connectivity index (χ4v) is 6.27. The number of rotatable bonds is 11. The van der Waals surface area contributed by atoms with Crippen LogP contribution in [0.1, 0.15) is 53.0 Å². The summed E-state index contributed by atoms with van der Waals surface area (Å²) in [6.45, 7) is 20.1. The van der Waals surface area contributed by atoms with E-state index in [1.54, 1.807) is 6.33 Å². The third-order valence-electron chi connectivity index (χ3n) is 8.83. The molecule has 0 aliphatic carbocycles. The van der Waals surface area contributed by atoms with Crippen LogP contribution < -0.4 is 9.64 Å². The Balaban J connectivity index is 1.14. The van der Waals surface area contributed by atoms with Crippen LogP contribution in [0.25, 0.3) is 11.0 Å². The molecule has 2 amide bonds. The molecule has 2 fully saturated rings. The number of likely N-dealkylation sites (tertiary alicyclic amines) is 1. The van der Waals surface area contributed by atoms with E-state index in [1.165, 1.54) is 0 Å². The number of carbonyl (C=O) groups is 1. The molecule has 240 valence electrons. The molecule has 0 atom stereocenters. The summed E-state index contributed by atoms with van der Waals surface area (Å²) in [7, 11) is 0. The van der Waals surface area contributed by atoms with E-state index in [0.29, 0.717) is 32.2 Å². The van der Waals surface area contributed by atoms with Gasteiger partial charge in [0.25, 0.3) is 0 Å². The average molecular weight is 607 g/mol. The summed E-state index contributed by atoms with van der Waals surface area (Å²) in [6, 6.07) is 8.25. The van der Waals surface area contributed by atoms with E-state index in [9.17, 15) is 4.79 Å². The summed E-state index contributed by atoms with van der Waals surface area (Å²) in [5.74, 6) is 2.34. The Bertz CT molecular complexity index is 1360. The third-order valence-corrected chi connectivity index (χ3v) is 8.83. The molecule has 3 aromatic rings. The van der Waals surface area contributed by atoms with Gasteiger partial charge in [-0.15, -0.1) is 0 Å². The number of carbonyl (C=O) groups excluding carboxylic acids is 1. The number of benzene rings is 1. The van der Waals surface area contributed by atoms with Crippen LogP contribution in [0.2, 0.25) is 0 Å². The van der Waals surface area contributed by atoms with Crippen molar-refractivity contribution >= 4 is 22.9 Å². The summed E-state index contributed by atoms with van der Waals surface area (Å²) in [5, 5.41) is 5.58. The van der Waals surface area contributed by atoms with E-state index in [1.807, 2.05) is 47.8 Å². The van der Waals surface area contributed by atoms with Crippen molar-refractivity contribution in [3.8, 4) is 5.75 Å². The minimum Gasteiger partial charge on any atom is -0.494 e. The number of aromatic nitrogens is 4. The maximum absolute atomic E-state index is 13.5. The second kappa shape index (κ2) is 14.6. The third kappa shape index (κ3) is 7.79. The van der Waals surface area contributed by atoms with Crippen molar-refractivity contribution in [2.75, 3.05) is 77.1 Å². The first-order valence-corrected chi connectivity index (χ1v) is 16.3. The number of urea groups is 1. The molecular weight excluding hydrogens is 556 g/mol. The van der Waals surface area contributed by atoms with Crippen molar-refractivity contribution in [2.45, 2.75) is 59.5 Å². The summed E-state index contributed by atoms with van der Waals surface area (Å²) < 4.78 is 13.2. The molecule has 0 bridgehead atoms. The molecule has 0 unspecified atom stereocenters. The number of hydrogen-bond acceptors (Lipinski definition) is 8. The highest BCUT2D eigenvalue weighted by atomic mass is 16.5. The van der Waals surface area contributed by atoms with Gasteiger partial charge in [-0.25, -0.2) is 19.4 Å². The smallest absolute Gasteiger partial charge is 0.320 e. The zero-order valence-corrected chi connectivity index (χ0v) is 27.2. The Morgan fingerprint density at radius 1 is 1.00 bits per heavy atom. The Morgan fingerprint density at radius 2 is 1.75 bits per heavy atom. The van der Waals surface area contributed by atoms with Gasteiger partial charge in [0, 0.05) is 64.5 Å². The van der Waals surface area contributed by atoms with E-state index >= 15 is 0 Å². The zero-order chi connectivity index (χ0) is 31.1. The SMILES string of the molecule is CCOCCN(CC1CCN(C(=O)N2CCN(c3ncnc4c3cnn4Cc3cccc(OCC)c3)CC2)CC1)C(C)(C)C. The number of nitrogens with zero attached hydrogens (tertiary/aromatic N) is 8. The van der Waals surface area contributed by atoms with Crippen LogP contribution in [0.4, 0.5) is 10.6 Å². The van der Waals surface area contributed by atoms with Gasteiger partial charge in [-0.2, -0.15) is 5.10 Å². The molecule has 2 aliphatic heterocycles. The van der Waals surface area contributed by atoms with Gasteiger partial charge >= 0.3 is 6.03 Å². The first-order chi connectivity index (χ1) is 21.3. The highest BCUT2D eigenvalue weighted by Gasteiger charge is 2.31. The normalized spacial score (nSPS) is 16.7. The number of ether oxygens (including phenoxy) is 2. The second-order valence-corrected chi connectivity index (χ2v) is 12.8. The number of piperazine rings is 1. The average Bonchev–Trinajstić information content (AvgIpc) is 3.43. The zero-order valence-electron chi connectivity index (χ0n) is 27.2. The van der Waals surface area contributed by atoms with Crippen LogP contribution in [0.5, 0.6) is 5.75 Å². The lowest BCUT2D eigenvalue weighted by molar-refractivity contribution is 0.0477. The van der Waals surface area contributed by atoms with E-state index in [4.69, 9.17) is 9.47 Å². The topological polar surface area (TPSA) is 92.1 Å². The van der Waals surface area contributed by atoms with Crippen molar-refractivity contribution in [1.82, 2.24) is 34.4 Å². The van der Waals surface area contributed by atoms with Gasteiger partial charge in [0.05, 0.1) is 31.3 Å². The van der Waals surface area contributed by atoms with Gasteiger partial charge < -0.3 is 24.2 Å². The molecule has 11 nitrogen and oxygen atoms in total. The molecule has 0 N–H and O–H groups in total. The number of hydrogen-bond donors (Lipinski definition) is 0. The molecule has 0 radical (unpaired) electrons. The quantitative estimate of drug-likeness (QED) is 0.298. The highest BCUT2D eigenvalue weighted by molar-refractivity contribution is 5.87. The Morgan fingerprint density at radius 3 is 2.45 bits per heavy atom. The van der Waals surface area contributed by atoms with Crippen molar-refractivity contribution in [3.63, 3.8) is 0 Å². The molecule has 2 aliphatic rings. The lowest BCUT2D eigenvalue weighted by atomic mass is 9.94. The van der Waals surface area contributed by atoms with Gasteiger partial charge in [0.1, 0.15) is 17.9 Å². The number of piperidine rings is 1. The van der Waals surface area contributed by atoms with Crippen LogP contribution in [0.15, 0.2) is 36.8 Å². The fraction of sp³-hybridized carbons (Fsp3) is 0.636. The van der Waals surface area contributed by atoms with Gasteiger partial charge in [0.2, 0.25) is 0 Å². The summed E-state index contributed by atoms with van der Waals surface area (Å²) in [5.41, 5.74) is 2.01. The molecule has 2 aromatic heterocycles. The molecular formula is C33H50N8O3. The van der Waals surface area contributed by atoms with Crippen LogP contribution in [-0.2, 0) is 11.3 Å². The fourth-order valence-electron chi connectivity index (χ4n) is 6.27. The Kier molecular flexibility index (Phi) is 10.6. The van der Waals surface area contributed by atoms with Crippen LogP contribution in [0, 0.1) is 5.92 Å². The minimum absolute atomic E-state index is 0.104. The second-order valence-electron chi connectivity index (χ2n) is 12.8. The predicted octanol–water partition coefficient (Wildman–Crippen LogP) is 4.36. The van der Waals surface area contributed by atoms with E-state index in [2.05, 4.69) is 56.6 Å². The Labute approximate surface area is 262 Å². The van der Waals surface area contributed by atoms with Gasteiger partial charge in [-0.1, -0.05) is 12.1 Å². The van der Waals surface area contributed by atoms with E-state index in [-0.39, 0.29) is 11.6 Å². The molecule has 2 saturated heterocycles. The van der Waals surface area contributed by atoms with E-state index < -0.39 is 0 Å². The molecule has 44 heavy (non-hydrogen) atoms. The number of amides is 2. The van der Waals surface area contributed by atoms with Crippen molar-refractivity contribution in [3.05, 3.63) is 42.4 Å². The highest BCUT2D eigenvalue weighted by Crippen LogP contribution is 2.27. The first-order valence-electron chi connectivity index (χ1n) is 16.3. The number of fused-ring (bicyclic) bond motifs is 1. The lowest BCUT2D eigenvalue weighted by Gasteiger charge is -2.42. The molecule has 0 spiro atoms. The van der Waals surface area contributed by atoms with Crippen LogP contribution in [-0.4, -0.2) is 118 Å². The first kappa shape index (κ1) is 32.0. The van der Waals surface area contributed by atoms with Gasteiger partial charge in [-0.3, -0.25) is 4.90 Å². The molecule has 1 aromatic carbocycles. The van der Waals surface area contributed by atoms with Crippen LogP contribution in [0.3, 0.4) is 0 Å². The number of anilines is 1. The maximum Gasteiger partial charge on any atom is 0.320 e. The summed E-state index contributed by atoms with van der Waals surface area (Å²) in [6.07, 6.45) is 5.57. The van der Waals surface area contributed by atoms with Gasteiger partial charge in [-0.05, 0) is 71.1 Å². The lowest BCUT2D eigenvalue weighted by Crippen LogP contribution is -2.55. The van der Waals surface area contributed by atoms with Gasteiger partial charge in [0.15, 0.2) is 5.65 Å². The van der Waals surface area contributed by atoms with Crippen molar-refractivity contribution < 1.29 is 14.3 Å². The largest absolute Gasteiger partial charge is 0.494 e.